The largest absolute Gasteiger partial charge is 0.365 e. The van der Waals surface area contributed by atoms with Gasteiger partial charge in [0, 0.05) is 43.2 Å². The second-order valence-corrected chi connectivity index (χ2v) is 3.99. The Kier molecular flexibility index (Phi) is 4.52. The summed E-state index contributed by atoms with van der Waals surface area (Å²) in [7, 11) is 4.06. The maximum atomic E-state index is 11.5. The summed E-state index contributed by atoms with van der Waals surface area (Å²) in [6, 6.07) is 1.63. The molecular weight excluding hydrogens is 190 g/mol. The molecule has 1 heterocycles. The third-order valence-corrected chi connectivity index (χ3v) is 2.19. The average molecular weight is 209 g/mol. The van der Waals surface area contributed by atoms with Crippen molar-refractivity contribution in [3.63, 3.8) is 0 Å². The van der Waals surface area contributed by atoms with Crippen LogP contribution in [0.1, 0.15) is 11.3 Å². The summed E-state index contributed by atoms with van der Waals surface area (Å²) in [6.45, 7) is 4.37. The zero-order valence-corrected chi connectivity index (χ0v) is 9.63. The molecule has 0 radical (unpaired) electrons. The van der Waals surface area contributed by atoms with Crippen molar-refractivity contribution in [3.8, 4) is 0 Å². The second-order valence-electron chi connectivity index (χ2n) is 3.99. The molecule has 84 valence electrons. The Morgan fingerprint density at radius 1 is 1.47 bits per heavy atom. The van der Waals surface area contributed by atoms with Gasteiger partial charge >= 0.3 is 0 Å². The zero-order chi connectivity index (χ0) is 11.3. The molecule has 0 aliphatic carbocycles. The van der Waals surface area contributed by atoms with Gasteiger partial charge in [0.25, 0.3) is 0 Å². The van der Waals surface area contributed by atoms with Crippen LogP contribution in [0.5, 0.6) is 0 Å². The minimum absolute atomic E-state index is 0.101. The fraction of sp³-hybridized carbons (Fsp3) is 0.545. The number of likely N-dealkylation sites (N-methyl/N-ethyl adjacent to an activating group) is 1. The zero-order valence-electron chi connectivity index (χ0n) is 9.63. The van der Waals surface area contributed by atoms with Gasteiger partial charge in [0.05, 0.1) is 0 Å². The van der Waals surface area contributed by atoms with Crippen molar-refractivity contribution >= 4 is 0 Å². The molecule has 0 saturated heterocycles. The van der Waals surface area contributed by atoms with Crippen molar-refractivity contribution < 1.29 is 0 Å². The van der Waals surface area contributed by atoms with Crippen LogP contribution in [-0.4, -0.2) is 37.1 Å². The van der Waals surface area contributed by atoms with Crippen LogP contribution in [0, 0.1) is 6.92 Å². The van der Waals surface area contributed by atoms with Gasteiger partial charge in [-0.15, -0.1) is 0 Å². The Labute approximate surface area is 90.3 Å². The first-order chi connectivity index (χ1) is 7.09. The van der Waals surface area contributed by atoms with Gasteiger partial charge in [-0.05, 0) is 21.0 Å². The van der Waals surface area contributed by atoms with E-state index in [1.807, 2.05) is 21.0 Å². The topological polar surface area (TPSA) is 48.1 Å². The maximum Gasteiger partial charge on any atom is 0.186 e. The molecule has 0 atom stereocenters. The number of pyridine rings is 1. The highest BCUT2D eigenvalue weighted by molar-refractivity contribution is 5.13. The van der Waals surface area contributed by atoms with Gasteiger partial charge in [-0.3, -0.25) is 4.79 Å². The number of nitrogens with one attached hydrogen (secondary N) is 2. The van der Waals surface area contributed by atoms with Crippen molar-refractivity contribution in [1.82, 2.24) is 15.2 Å². The van der Waals surface area contributed by atoms with Crippen LogP contribution < -0.4 is 10.7 Å². The van der Waals surface area contributed by atoms with Crippen LogP contribution in [0.25, 0.3) is 0 Å². The van der Waals surface area contributed by atoms with Gasteiger partial charge in [0.2, 0.25) is 0 Å². The number of aromatic nitrogens is 1. The number of aryl methyl sites for hydroxylation is 1. The third-order valence-electron chi connectivity index (χ3n) is 2.19. The first-order valence-electron chi connectivity index (χ1n) is 5.13. The van der Waals surface area contributed by atoms with Gasteiger partial charge in [0.15, 0.2) is 5.43 Å². The number of aromatic amines is 1. The lowest BCUT2D eigenvalue weighted by molar-refractivity contribution is 0.400. The third kappa shape index (κ3) is 4.27. The summed E-state index contributed by atoms with van der Waals surface area (Å²) in [4.78, 5) is 16.6. The molecule has 0 unspecified atom stereocenters. The van der Waals surface area contributed by atoms with Gasteiger partial charge < -0.3 is 15.2 Å². The van der Waals surface area contributed by atoms with E-state index >= 15 is 0 Å². The molecule has 0 fully saturated rings. The highest BCUT2D eigenvalue weighted by atomic mass is 16.1. The molecule has 1 aromatic heterocycles. The monoisotopic (exact) mass is 209 g/mol. The Morgan fingerprint density at radius 3 is 2.80 bits per heavy atom. The van der Waals surface area contributed by atoms with Crippen LogP contribution in [0.15, 0.2) is 17.1 Å². The van der Waals surface area contributed by atoms with E-state index in [9.17, 15) is 4.79 Å². The quantitative estimate of drug-likeness (QED) is 0.687. The lowest BCUT2D eigenvalue weighted by atomic mass is 10.2. The molecular formula is C11H19N3O. The minimum atomic E-state index is 0.101. The first-order valence-corrected chi connectivity index (χ1v) is 5.13. The molecule has 4 heteroatoms. The summed E-state index contributed by atoms with van der Waals surface area (Å²) in [5, 5.41) is 3.23. The van der Waals surface area contributed by atoms with Crippen LogP contribution in [0.3, 0.4) is 0 Å². The lowest BCUT2D eigenvalue weighted by Gasteiger charge is -2.10. The number of nitrogens with zero attached hydrogens (tertiary/aromatic N) is 1. The average Bonchev–Trinajstić information content (AvgIpc) is 2.14. The van der Waals surface area contributed by atoms with E-state index in [1.54, 1.807) is 12.3 Å². The van der Waals surface area contributed by atoms with Crippen molar-refractivity contribution in [1.29, 1.82) is 0 Å². The molecule has 4 nitrogen and oxygen atoms in total. The Bertz CT molecular complexity index is 357. The molecule has 0 aromatic carbocycles. The van der Waals surface area contributed by atoms with Crippen molar-refractivity contribution in [2.45, 2.75) is 13.5 Å². The Balaban J connectivity index is 2.41. The fourth-order valence-corrected chi connectivity index (χ4v) is 1.27. The van der Waals surface area contributed by atoms with Crippen LogP contribution in [-0.2, 0) is 6.54 Å². The first kappa shape index (κ1) is 11.9. The second kappa shape index (κ2) is 5.68. The molecule has 15 heavy (non-hydrogen) atoms. The number of hydrogen-bond acceptors (Lipinski definition) is 3. The van der Waals surface area contributed by atoms with Gasteiger partial charge in [-0.1, -0.05) is 0 Å². The molecule has 0 aliphatic rings. The van der Waals surface area contributed by atoms with Crippen molar-refractivity contribution in [2.24, 2.45) is 0 Å². The summed E-state index contributed by atoms with van der Waals surface area (Å²) >= 11 is 0. The maximum absolute atomic E-state index is 11.5. The molecule has 0 aliphatic heterocycles. The normalized spacial score (nSPS) is 10.9. The van der Waals surface area contributed by atoms with E-state index < -0.39 is 0 Å². The Hall–Kier alpha value is -1.13. The van der Waals surface area contributed by atoms with Crippen molar-refractivity contribution in [3.05, 3.63) is 33.7 Å². The van der Waals surface area contributed by atoms with E-state index in [0.717, 1.165) is 24.3 Å². The molecule has 0 amide bonds. The van der Waals surface area contributed by atoms with E-state index in [1.165, 1.54) is 0 Å². The van der Waals surface area contributed by atoms with Crippen LogP contribution in [0.2, 0.25) is 0 Å². The van der Waals surface area contributed by atoms with E-state index in [4.69, 9.17) is 0 Å². The van der Waals surface area contributed by atoms with E-state index in [-0.39, 0.29) is 5.43 Å². The molecule has 1 rings (SSSR count). The number of H-pyrrole nitrogens is 1. The predicted molar refractivity (Wildman–Crippen MR) is 62.1 cm³/mol. The summed E-state index contributed by atoms with van der Waals surface area (Å²) in [5.41, 5.74) is 1.79. The highest BCUT2D eigenvalue weighted by Gasteiger charge is 1.98. The lowest BCUT2D eigenvalue weighted by Crippen LogP contribution is -2.28. The van der Waals surface area contributed by atoms with Crippen LogP contribution >= 0.6 is 0 Å². The standard InChI is InChI=1S/C11H19N3O/c1-9-6-11(15)10(8-13-9)7-12-4-5-14(2)3/h6,8,12H,4-5,7H2,1-3H3,(H,13,15). The summed E-state index contributed by atoms with van der Waals surface area (Å²) in [5.74, 6) is 0. The van der Waals surface area contributed by atoms with Gasteiger partial charge in [-0.25, -0.2) is 0 Å². The molecule has 0 bridgehead atoms. The molecule has 1 aromatic rings. The Morgan fingerprint density at radius 2 is 2.20 bits per heavy atom. The molecule has 0 spiro atoms. The molecule has 0 saturated carbocycles. The SMILES string of the molecule is Cc1cc(=O)c(CNCCN(C)C)c[nH]1. The summed E-state index contributed by atoms with van der Waals surface area (Å²) < 4.78 is 0. The fourth-order valence-electron chi connectivity index (χ4n) is 1.27. The number of rotatable bonds is 5. The number of hydrogen-bond donors (Lipinski definition) is 2. The van der Waals surface area contributed by atoms with E-state index in [0.29, 0.717) is 6.54 Å². The van der Waals surface area contributed by atoms with Crippen molar-refractivity contribution in [2.75, 3.05) is 27.2 Å². The van der Waals surface area contributed by atoms with Crippen LogP contribution in [0.4, 0.5) is 0 Å². The smallest absolute Gasteiger partial charge is 0.186 e. The minimum Gasteiger partial charge on any atom is -0.365 e. The van der Waals surface area contributed by atoms with E-state index in [2.05, 4.69) is 15.2 Å². The van der Waals surface area contributed by atoms with Gasteiger partial charge in [0.1, 0.15) is 0 Å². The molecule has 2 N–H and O–H groups in total. The van der Waals surface area contributed by atoms with Gasteiger partial charge in [-0.2, -0.15) is 0 Å². The summed E-state index contributed by atoms with van der Waals surface area (Å²) in [6.07, 6.45) is 1.78. The predicted octanol–water partition coefficient (Wildman–Crippen LogP) is 0.335. The highest BCUT2D eigenvalue weighted by Crippen LogP contribution is 1.91.